The SMILES string of the molecule is CC(NCCCC1CC1)c1cc2cc(Br)ccc2o1. The quantitative estimate of drug-likeness (QED) is 0.754. The first-order valence-corrected chi connectivity index (χ1v) is 7.94. The zero-order valence-electron chi connectivity index (χ0n) is 11.3. The zero-order chi connectivity index (χ0) is 13.2. The van der Waals surface area contributed by atoms with Crippen molar-refractivity contribution in [3.63, 3.8) is 0 Å². The van der Waals surface area contributed by atoms with Gasteiger partial charge in [-0.15, -0.1) is 0 Å². The first-order valence-electron chi connectivity index (χ1n) is 7.15. The first kappa shape index (κ1) is 13.2. The van der Waals surface area contributed by atoms with Crippen LogP contribution in [-0.2, 0) is 0 Å². The third-order valence-electron chi connectivity index (χ3n) is 3.86. The summed E-state index contributed by atoms with van der Waals surface area (Å²) in [6.45, 7) is 3.25. The highest BCUT2D eigenvalue weighted by Gasteiger charge is 2.20. The Hall–Kier alpha value is -0.800. The lowest BCUT2D eigenvalue weighted by molar-refractivity contribution is 0.443. The van der Waals surface area contributed by atoms with E-state index >= 15 is 0 Å². The summed E-state index contributed by atoms with van der Waals surface area (Å²) in [6, 6.07) is 8.55. The lowest BCUT2D eigenvalue weighted by Crippen LogP contribution is -2.19. The summed E-state index contributed by atoms with van der Waals surface area (Å²) in [5, 5.41) is 4.72. The van der Waals surface area contributed by atoms with Crippen molar-refractivity contribution in [1.82, 2.24) is 5.32 Å². The number of hydrogen-bond donors (Lipinski definition) is 1. The van der Waals surface area contributed by atoms with Crippen LogP contribution in [0, 0.1) is 5.92 Å². The van der Waals surface area contributed by atoms with Crippen molar-refractivity contribution >= 4 is 26.9 Å². The lowest BCUT2D eigenvalue weighted by Gasteiger charge is -2.10. The highest BCUT2D eigenvalue weighted by atomic mass is 79.9. The number of halogens is 1. The van der Waals surface area contributed by atoms with E-state index in [9.17, 15) is 0 Å². The van der Waals surface area contributed by atoms with Gasteiger partial charge in [0.2, 0.25) is 0 Å². The van der Waals surface area contributed by atoms with Gasteiger partial charge in [0.25, 0.3) is 0 Å². The summed E-state index contributed by atoms with van der Waals surface area (Å²) in [6.07, 6.45) is 5.57. The first-order chi connectivity index (χ1) is 9.22. The highest BCUT2D eigenvalue weighted by molar-refractivity contribution is 9.10. The van der Waals surface area contributed by atoms with Gasteiger partial charge in [0.1, 0.15) is 11.3 Å². The van der Waals surface area contributed by atoms with E-state index in [-0.39, 0.29) is 6.04 Å². The maximum atomic E-state index is 5.89. The largest absolute Gasteiger partial charge is 0.459 e. The van der Waals surface area contributed by atoms with Crippen LogP contribution >= 0.6 is 15.9 Å². The molecule has 0 radical (unpaired) electrons. The second-order valence-electron chi connectivity index (χ2n) is 5.59. The zero-order valence-corrected chi connectivity index (χ0v) is 12.9. The van der Waals surface area contributed by atoms with Crippen molar-refractivity contribution < 1.29 is 4.42 Å². The van der Waals surface area contributed by atoms with Crippen LogP contribution in [0.25, 0.3) is 11.0 Å². The predicted molar refractivity (Wildman–Crippen MR) is 82.3 cm³/mol. The molecular formula is C16H20BrNO. The van der Waals surface area contributed by atoms with Crippen molar-refractivity contribution in [1.29, 1.82) is 0 Å². The smallest absolute Gasteiger partial charge is 0.134 e. The van der Waals surface area contributed by atoms with Gasteiger partial charge in [0.05, 0.1) is 6.04 Å². The minimum absolute atomic E-state index is 0.283. The van der Waals surface area contributed by atoms with Crippen LogP contribution in [0.3, 0.4) is 0 Å². The molecule has 0 spiro atoms. The van der Waals surface area contributed by atoms with E-state index in [1.165, 1.54) is 25.7 Å². The van der Waals surface area contributed by atoms with Crippen LogP contribution in [-0.4, -0.2) is 6.54 Å². The van der Waals surface area contributed by atoms with Crippen molar-refractivity contribution in [2.24, 2.45) is 5.92 Å². The second kappa shape index (κ2) is 5.68. The summed E-state index contributed by atoms with van der Waals surface area (Å²) in [5.41, 5.74) is 0.963. The molecule has 2 aromatic rings. The summed E-state index contributed by atoms with van der Waals surface area (Å²) in [5.74, 6) is 2.06. The maximum absolute atomic E-state index is 5.89. The van der Waals surface area contributed by atoms with E-state index in [1.807, 2.05) is 12.1 Å². The van der Waals surface area contributed by atoms with Gasteiger partial charge >= 0.3 is 0 Å². The molecule has 3 heteroatoms. The average Bonchev–Trinajstić information content (AvgIpc) is 3.12. The van der Waals surface area contributed by atoms with E-state index in [4.69, 9.17) is 4.42 Å². The molecule has 19 heavy (non-hydrogen) atoms. The van der Waals surface area contributed by atoms with Gasteiger partial charge < -0.3 is 9.73 Å². The summed E-state index contributed by atoms with van der Waals surface area (Å²) < 4.78 is 6.99. The molecule has 102 valence electrons. The number of furan rings is 1. The van der Waals surface area contributed by atoms with Crippen LogP contribution in [0.5, 0.6) is 0 Å². The number of fused-ring (bicyclic) bond motifs is 1. The number of nitrogens with one attached hydrogen (secondary N) is 1. The third kappa shape index (κ3) is 3.40. The Morgan fingerprint density at radius 2 is 2.21 bits per heavy atom. The topological polar surface area (TPSA) is 25.2 Å². The Balaban J connectivity index is 1.58. The van der Waals surface area contributed by atoms with Gasteiger partial charge in [-0.1, -0.05) is 28.8 Å². The van der Waals surface area contributed by atoms with Gasteiger partial charge in [0.15, 0.2) is 0 Å². The fourth-order valence-electron chi connectivity index (χ4n) is 2.46. The molecular weight excluding hydrogens is 302 g/mol. The maximum Gasteiger partial charge on any atom is 0.134 e. The minimum Gasteiger partial charge on any atom is -0.459 e. The van der Waals surface area contributed by atoms with Crippen LogP contribution < -0.4 is 5.32 Å². The molecule has 0 aliphatic heterocycles. The monoisotopic (exact) mass is 321 g/mol. The van der Waals surface area contributed by atoms with E-state index in [0.29, 0.717) is 0 Å². The van der Waals surface area contributed by atoms with E-state index in [2.05, 4.69) is 40.3 Å². The Morgan fingerprint density at radius 1 is 1.37 bits per heavy atom. The Labute approximate surface area is 122 Å². The number of hydrogen-bond acceptors (Lipinski definition) is 2. The molecule has 0 amide bonds. The molecule has 0 bridgehead atoms. The highest BCUT2D eigenvalue weighted by Crippen LogP contribution is 2.33. The van der Waals surface area contributed by atoms with Crippen LogP contribution in [0.2, 0.25) is 0 Å². The van der Waals surface area contributed by atoms with Gasteiger partial charge in [-0.05, 0) is 56.5 Å². The Morgan fingerprint density at radius 3 is 3.00 bits per heavy atom. The van der Waals surface area contributed by atoms with Gasteiger partial charge in [-0.3, -0.25) is 0 Å². The second-order valence-corrected chi connectivity index (χ2v) is 6.51. The molecule has 1 heterocycles. The predicted octanol–water partition coefficient (Wildman–Crippen LogP) is 5.04. The fourth-order valence-corrected chi connectivity index (χ4v) is 2.84. The molecule has 1 atom stereocenters. The Kier molecular flexibility index (Phi) is 3.94. The number of rotatable bonds is 6. The molecule has 0 saturated heterocycles. The van der Waals surface area contributed by atoms with E-state index in [1.54, 1.807) is 0 Å². The standard InChI is InChI=1S/C16H20BrNO/c1-11(18-8-2-3-12-4-5-12)16-10-13-9-14(17)6-7-15(13)19-16/h6-7,9-12,18H,2-5,8H2,1H3. The minimum atomic E-state index is 0.283. The van der Waals surface area contributed by atoms with Crippen LogP contribution in [0.15, 0.2) is 33.2 Å². The summed E-state index contributed by atoms with van der Waals surface area (Å²) in [7, 11) is 0. The average molecular weight is 322 g/mol. The van der Waals surface area contributed by atoms with E-state index in [0.717, 1.165) is 33.7 Å². The van der Waals surface area contributed by atoms with Crippen molar-refractivity contribution in [3.8, 4) is 0 Å². The van der Waals surface area contributed by atoms with Gasteiger partial charge in [-0.2, -0.15) is 0 Å². The van der Waals surface area contributed by atoms with Crippen LogP contribution in [0.1, 0.15) is 44.4 Å². The molecule has 1 fully saturated rings. The van der Waals surface area contributed by atoms with Gasteiger partial charge in [-0.25, -0.2) is 0 Å². The fraction of sp³-hybridized carbons (Fsp3) is 0.500. The molecule has 1 aliphatic rings. The molecule has 1 aliphatic carbocycles. The molecule has 2 nitrogen and oxygen atoms in total. The molecule has 3 rings (SSSR count). The normalized spacial score (nSPS) is 16.9. The van der Waals surface area contributed by atoms with Crippen molar-refractivity contribution in [2.75, 3.05) is 6.54 Å². The Bertz CT molecular complexity index is 559. The molecule has 1 N–H and O–H groups in total. The number of benzene rings is 1. The van der Waals surface area contributed by atoms with E-state index < -0.39 is 0 Å². The molecule has 1 aromatic heterocycles. The third-order valence-corrected chi connectivity index (χ3v) is 4.35. The van der Waals surface area contributed by atoms with Crippen molar-refractivity contribution in [2.45, 2.75) is 38.6 Å². The van der Waals surface area contributed by atoms with Crippen molar-refractivity contribution in [3.05, 3.63) is 34.5 Å². The summed E-state index contributed by atoms with van der Waals surface area (Å²) in [4.78, 5) is 0. The molecule has 1 saturated carbocycles. The molecule has 1 aromatic carbocycles. The van der Waals surface area contributed by atoms with Gasteiger partial charge in [0, 0.05) is 9.86 Å². The van der Waals surface area contributed by atoms with Crippen LogP contribution in [0.4, 0.5) is 0 Å². The lowest BCUT2D eigenvalue weighted by atomic mass is 10.2. The summed E-state index contributed by atoms with van der Waals surface area (Å²) >= 11 is 3.49. The molecule has 1 unspecified atom stereocenters.